The Balaban J connectivity index is 1.76. The lowest BCUT2D eigenvalue weighted by molar-refractivity contribution is 0.0861. The molecule has 1 unspecified atom stereocenters. The van der Waals surface area contributed by atoms with Crippen molar-refractivity contribution in [2.75, 3.05) is 6.61 Å². The second-order valence-electron chi connectivity index (χ2n) is 4.86. The van der Waals surface area contributed by atoms with Crippen molar-refractivity contribution in [1.82, 2.24) is 0 Å². The highest BCUT2D eigenvalue weighted by Gasteiger charge is 2.19. The molecule has 4 heteroatoms. The van der Waals surface area contributed by atoms with Crippen molar-refractivity contribution in [2.24, 2.45) is 0 Å². The van der Waals surface area contributed by atoms with Gasteiger partial charge >= 0.3 is 0 Å². The summed E-state index contributed by atoms with van der Waals surface area (Å²) in [5, 5.41) is 3.05. The predicted octanol–water partition coefficient (Wildman–Crippen LogP) is 4.81. The van der Waals surface area contributed by atoms with Gasteiger partial charge in [-0.1, -0.05) is 12.1 Å². The summed E-state index contributed by atoms with van der Waals surface area (Å²) >= 11 is 5.16. The molecule has 0 saturated carbocycles. The highest BCUT2D eigenvalue weighted by atomic mass is 79.9. The Kier molecular flexibility index (Phi) is 4.01. The van der Waals surface area contributed by atoms with Crippen LogP contribution in [0.25, 0.3) is 10.1 Å². The minimum atomic E-state index is 0.236. The van der Waals surface area contributed by atoms with Crippen molar-refractivity contribution in [3.8, 4) is 0 Å². The van der Waals surface area contributed by atoms with Crippen LogP contribution in [0.3, 0.4) is 0 Å². The first-order valence-electron chi connectivity index (χ1n) is 6.56. The highest BCUT2D eigenvalue weighted by molar-refractivity contribution is 9.10. The van der Waals surface area contributed by atoms with Gasteiger partial charge in [0.1, 0.15) is 0 Å². The van der Waals surface area contributed by atoms with E-state index in [4.69, 9.17) is 4.74 Å². The molecule has 2 heterocycles. The summed E-state index contributed by atoms with van der Waals surface area (Å²) in [5.74, 6) is 0.236. The molecule has 2 nitrogen and oxygen atoms in total. The molecule has 1 fully saturated rings. The molecule has 1 atom stereocenters. The summed E-state index contributed by atoms with van der Waals surface area (Å²) in [4.78, 5) is 12.3. The third-order valence-corrected chi connectivity index (χ3v) is 5.52. The van der Waals surface area contributed by atoms with Gasteiger partial charge in [0.05, 0.1) is 6.10 Å². The van der Waals surface area contributed by atoms with Gasteiger partial charge in [0, 0.05) is 38.5 Å². The molecule has 3 rings (SSSR count). The summed E-state index contributed by atoms with van der Waals surface area (Å²) < 4.78 is 7.79. The summed E-state index contributed by atoms with van der Waals surface area (Å²) in [5.41, 5.74) is 0.860. The Morgan fingerprint density at radius 3 is 3.16 bits per heavy atom. The number of halogens is 1. The lowest BCUT2D eigenvalue weighted by atomic mass is 10.0. The molecule has 0 radical (unpaired) electrons. The molecule has 1 aliphatic rings. The first-order valence-corrected chi connectivity index (χ1v) is 8.23. The summed E-state index contributed by atoms with van der Waals surface area (Å²) in [6.07, 6.45) is 3.96. The number of ether oxygens (including phenoxy) is 1. The fraction of sp³-hybridized carbons (Fsp3) is 0.400. The number of fused-ring (bicyclic) bond motifs is 1. The summed E-state index contributed by atoms with van der Waals surface area (Å²) in [7, 11) is 0. The van der Waals surface area contributed by atoms with E-state index < -0.39 is 0 Å². The van der Waals surface area contributed by atoms with E-state index in [0.29, 0.717) is 12.5 Å². The SMILES string of the molecule is O=C(CCC1CCCO1)c1csc2c(Br)cccc12. The summed E-state index contributed by atoms with van der Waals surface area (Å²) in [6.45, 7) is 0.854. The number of ketones is 1. The van der Waals surface area contributed by atoms with E-state index in [1.165, 1.54) is 0 Å². The van der Waals surface area contributed by atoms with Crippen molar-refractivity contribution in [2.45, 2.75) is 31.8 Å². The van der Waals surface area contributed by atoms with Crippen molar-refractivity contribution in [3.05, 3.63) is 33.6 Å². The van der Waals surface area contributed by atoms with E-state index in [1.54, 1.807) is 11.3 Å². The molecule has 2 aromatic rings. The Morgan fingerprint density at radius 2 is 2.37 bits per heavy atom. The first kappa shape index (κ1) is 13.3. The van der Waals surface area contributed by atoms with E-state index in [9.17, 15) is 4.79 Å². The molecule has 1 aliphatic heterocycles. The number of carbonyl (C=O) groups is 1. The molecular weight excluding hydrogens is 324 g/mol. The average Bonchev–Trinajstić information content (AvgIpc) is 3.06. The Labute approximate surface area is 124 Å². The minimum absolute atomic E-state index is 0.236. The van der Waals surface area contributed by atoms with Crippen LogP contribution in [0.4, 0.5) is 0 Å². The Hall–Kier alpha value is -0.710. The summed E-state index contributed by atoms with van der Waals surface area (Å²) in [6, 6.07) is 6.02. The van der Waals surface area contributed by atoms with Crippen LogP contribution >= 0.6 is 27.3 Å². The maximum atomic E-state index is 12.3. The molecule has 100 valence electrons. The predicted molar refractivity (Wildman–Crippen MR) is 82.1 cm³/mol. The molecule has 19 heavy (non-hydrogen) atoms. The maximum Gasteiger partial charge on any atom is 0.164 e. The van der Waals surface area contributed by atoms with Gasteiger partial charge in [0.15, 0.2) is 5.78 Å². The number of benzene rings is 1. The van der Waals surface area contributed by atoms with Gasteiger partial charge in [0.25, 0.3) is 0 Å². The second kappa shape index (κ2) is 5.73. The van der Waals surface area contributed by atoms with Gasteiger partial charge in [-0.2, -0.15) is 0 Å². The molecule has 0 amide bonds. The van der Waals surface area contributed by atoms with Crippen LogP contribution in [0.2, 0.25) is 0 Å². The van der Waals surface area contributed by atoms with Crippen molar-refractivity contribution in [1.29, 1.82) is 0 Å². The van der Waals surface area contributed by atoms with Crippen LogP contribution in [0.5, 0.6) is 0 Å². The normalized spacial score (nSPS) is 19.1. The number of hydrogen-bond donors (Lipinski definition) is 0. The monoisotopic (exact) mass is 338 g/mol. The van der Waals surface area contributed by atoms with Crippen LogP contribution in [0.15, 0.2) is 28.1 Å². The smallest absolute Gasteiger partial charge is 0.164 e. The highest BCUT2D eigenvalue weighted by Crippen LogP contribution is 2.33. The molecular formula is C15H15BrO2S. The van der Waals surface area contributed by atoms with Gasteiger partial charge in [-0.05, 0) is 41.3 Å². The zero-order valence-corrected chi connectivity index (χ0v) is 12.9. The van der Waals surface area contributed by atoms with Crippen LogP contribution < -0.4 is 0 Å². The van der Waals surface area contributed by atoms with E-state index >= 15 is 0 Å². The quantitative estimate of drug-likeness (QED) is 0.748. The number of hydrogen-bond acceptors (Lipinski definition) is 3. The molecule has 1 aromatic carbocycles. The lowest BCUT2D eigenvalue weighted by Gasteiger charge is -2.07. The Bertz CT molecular complexity index is 599. The molecule has 0 spiro atoms. The van der Waals surface area contributed by atoms with Gasteiger partial charge in [0.2, 0.25) is 0 Å². The second-order valence-corrected chi connectivity index (χ2v) is 6.60. The van der Waals surface area contributed by atoms with Crippen LogP contribution in [0, 0.1) is 0 Å². The standard InChI is InChI=1S/C15H15BrO2S/c16-13-5-1-4-11-12(9-19-15(11)13)14(17)7-6-10-3-2-8-18-10/h1,4-5,9-10H,2-3,6-8H2. The third kappa shape index (κ3) is 2.76. The van der Waals surface area contributed by atoms with Crippen molar-refractivity contribution < 1.29 is 9.53 Å². The van der Waals surface area contributed by atoms with Gasteiger partial charge in [-0.25, -0.2) is 0 Å². The van der Waals surface area contributed by atoms with Crippen LogP contribution in [-0.4, -0.2) is 18.5 Å². The van der Waals surface area contributed by atoms with Gasteiger partial charge in [-0.15, -0.1) is 11.3 Å². The zero-order valence-electron chi connectivity index (χ0n) is 10.5. The topological polar surface area (TPSA) is 26.3 Å². The van der Waals surface area contributed by atoms with Crippen molar-refractivity contribution >= 4 is 43.1 Å². The van der Waals surface area contributed by atoms with E-state index in [1.807, 2.05) is 23.6 Å². The first-order chi connectivity index (χ1) is 9.25. The van der Waals surface area contributed by atoms with E-state index in [0.717, 1.165) is 46.0 Å². The number of thiophene rings is 1. The third-order valence-electron chi connectivity index (χ3n) is 3.57. The molecule has 0 aliphatic carbocycles. The van der Waals surface area contributed by atoms with Crippen molar-refractivity contribution in [3.63, 3.8) is 0 Å². The minimum Gasteiger partial charge on any atom is -0.378 e. The maximum absolute atomic E-state index is 12.3. The van der Waals surface area contributed by atoms with E-state index in [-0.39, 0.29) is 5.78 Å². The lowest BCUT2D eigenvalue weighted by Crippen LogP contribution is -2.08. The fourth-order valence-corrected chi connectivity index (χ4v) is 4.16. The van der Waals surface area contributed by atoms with Crippen LogP contribution in [-0.2, 0) is 4.74 Å². The van der Waals surface area contributed by atoms with Gasteiger partial charge in [-0.3, -0.25) is 4.79 Å². The van der Waals surface area contributed by atoms with Crippen LogP contribution in [0.1, 0.15) is 36.0 Å². The molecule has 0 N–H and O–H groups in total. The Morgan fingerprint density at radius 1 is 1.47 bits per heavy atom. The number of rotatable bonds is 4. The zero-order chi connectivity index (χ0) is 13.2. The molecule has 0 bridgehead atoms. The van der Waals surface area contributed by atoms with Gasteiger partial charge < -0.3 is 4.74 Å². The average molecular weight is 339 g/mol. The number of Topliss-reactive ketones (excluding diaryl/α,β-unsaturated/α-hetero) is 1. The largest absolute Gasteiger partial charge is 0.378 e. The fourth-order valence-electron chi connectivity index (χ4n) is 2.54. The molecule has 1 saturated heterocycles. The number of carbonyl (C=O) groups excluding carboxylic acids is 1. The molecule has 1 aromatic heterocycles. The van der Waals surface area contributed by atoms with E-state index in [2.05, 4.69) is 15.9 Å².